The van der Waals surface area contributed by atoms with E-state index in [4.69, 9.17) is 18.0 Å². The lowest BCUT2D eigenvalue weighted by molar-refractivity contribution is 0.245. The topological polar surface area (TPSA) is 29.3 Å². The summed E-state index contributed by atoms with van der Waals surface area (Å²) >= 11 is 4.99. The van der Waals surface area contributed by atoms with Gasteiger partial charge in [-0.2, -0.15) is 0 Å². The number of thiocarbonyl (C=S) groups is 1. The van der Waals surface area contributed by atoms with E-state index in [1.807, 2.05) is 0 Å². The predicted molar refractivity (Wildman–Crippen MR) is 91.2 cm³/mol. The number of nitrogens with two attached hydrogens (primary N) is 1. The van der Waals surface area contributed by atoms with Crippen LogP contribution in [0.4, 0.5) is 0 Å². The van der Waals surface area contributed by atoms with Gasteiger partial charge in [0.05, 0.1) is 4.99 Å². The Balaban J connectivity index is 1.69. The molecule has 0 bridgehead atoms. The number of fused-ring (bicyclic) bond motifs is 1. The first-order chi connectivity index (χ1) is 10.2. The van der Waals surface area contributed by atoms with E-state index in [-0.39, 0.29) is 0 Å². The molecule has 0 amide bonds. The maximum absolute atomic E-state index is 5.63. The Hall–Kier alpha value is -1.71. The predicted octanol–water partition coefficient (Wildman–Crippen LogP) is 3.07. The van der Waals surface area contributed by atoms with Crippen LogP contribution in [0.2, 0.25) is 0 Å². The van der Waals surface area contributed by atoms with Crippen molar-refractivity contribution in [1.29, 1.82) is 0 Å². The number of rotatable bonds is 4. The van der Waals surface area contributed by atoms with Crippen molar-refractivity contribution in [3.8, 4) is 0 Å². The van der Waals surface area contributed by atoms with Crippen LogP contribution in [0.5, 0.6) is 0 Å². The fourth-order valence-electron chi connectivity index (χ4n) is 2.99. The normalized spacial score (nSPS) is 14.7. The summed E-state index contributed by atoms with van der Waals surface area (Å²) in [6.45, 7) is 3.14. The van der Waals surface area contributed by atoms with Crippen LogP contribution in [-0.2, 0) is 25.9 Å². The smallest absolute Gasteiger partial charge is 0.0771 e. The fraction of sp³-hybridized carbons (Fsp3) is 0.278. The van der Waals surface area contributed by atoms with Crippen molar-refractivity contribution in [2.24, 2.45) is 5.73 Å². The second-order valence-corrected chi connectivity index (χ2v) is 6.22. The largest absolute Gasteiger partial charge is 0.393 e. The van der Waals surface area contributed by atoms with E-state index in [0.29, 0.717) is 11.4 Å². The summed E-state index contributed by atoms with van der Waals surface area (Å²) in [4.78, 5) is 3.06. The highest BCUT2D eigenvalue weighted by atomic mass is 32.1. The monoisotopic (exact) mass is 296 g/mol. The third-order valence-electron chi connectivity index (χ3n) is 3.99. The van der Waals surface area contributed by atoms with Gasteiger partial charge in [-0.25, -0.2) is 0 Å². The fourth-order valence-corrected chi connectivity index (χ4v) is 3.15. The number of nitrogens with zero attached hydrogens (tertiary/aromatic N) is 1. The summed E-state index contributed by atoms with van der Waals surface area (Å²) in [7, 11) is 0. The van der Waals surface area contributed by atoms with Crippen LogP contribution in [0.1, 0.15) is 22.3 Å². The van der Waals surface area contributed by atoms with E-state index >= 15 is 0 Å². The van der Waals surface area contributed by atoms with E-state index in [0.717, 1.165) is 26.1 Å². The molecule has 108 valence electrons. The van der Waals surface area contributed by atoms with Crippen LogP contribution >= 0.6 is 12.2 Å². The lowest BCUT2D eigenvalue weighted by Gasteiger charge is -2.28. The molecule has 1 heterocycles. The van der Waals surface area contributed by atoms with Crippen molar-refractivity contribution < 1.29 is 0 Å². The average molecular weight is 296 g/mol. The molecule has 0 atom stereocenters. The van der Waals surface area contributed by atoms with Crippen molar-refractivity contribution in [2.45, 2.75) is 25.9 Å². The Kier molecular flexibility index (Phi) is 4.32. The molecular formula is C18H20N2S. The molecule has 3 rings (SSSR count). The molecule has 0 spiro atoms. The Morgan fingerprint density at radius 1 is 1.05 bits per heavy atom. The van der Waals surface area contributed by atoms with Gasteiger partial charge in [-0.3, -0.25) is 4.90 Å². The second kappa shape index (κ2) is 6.37. The van der Waals surface area contributed by atoms with Gasteiger partial charge in [-0.15, -0.1) is 0 Å². The minimum absolute atomic E-state index is 0.555. The van der Waals surface area contributed by atoms with Crippen LogP contribution in [0, 0.1) is 0 Å². The van der Waals surface area contributed by atoms with Crippen molar-refractivity contribution in [1.82, 2.24) is 4.90 Å². The van der Waals surface area contributed by atoms with Crippen LogP contribution in [0.3, 0.4) is 0 Å². The minimum atomic E-state index is 0.555. The molecule has 2 nitrogen and oxygen atoms in total. The summed E-state index contributed by atoms with van der Waals surface area (Å²) in [5.41, 5.74) is 11.1. The highest BCUT2D eigenvalue weighted by molar-refractivity contribution is 7.80. The summed E-state index contributed by atoms with van der Waals surface area (Å²) in [5, 5.41) is 0. The zero-order valence-corrected chi connectivity index (χ0v) is 12.9. The first kappa shape index (κ1) is 14.2. The van der Waals surface area contributed by atoms with Gasteiger partial charge in [0.25, 0.3) is 0 Å². The second-order valence-electron chi connectivity index (χ2n) is 5.69. The van der Waals surface area contributed by atoms with Gasteiger partial charge in [-0.1, -0.05) is 60.7 Å². The number of hydrogen-bond acceptors (Lipinski definition) is 2. The van der Waals surface area contributed by atoms with Gasteiger partial charge in [0.2, 0.25) is 0 Å². The molecule has 2 aromatic rings. The van der Waals surface area contributed by atoms with Crippen molar-refractivity contribution >= 4 is 17.2 Å². The molecule has 0 fully saturated rings. The van der Waals surface area contributed by atoms with Gasteiger partial charge < -0.3 is 5.73 Å². The molecule has 0 saturated carbocycles. The molecule has 0 aromatic heterocycles. The molecule has 21 heavy (non-hydrogen) atoms. The molecule has 1 aliphatic rings. The maximum atomic E-state index is 5.63. The van der Waals surface area contributed by atoms with Crippen LogP contribution < -0.4 is 5.73 Å². The van der Waals surface area contributed by atoms with Gasteiger partial charge in [0.1, 0.15) is 0 Å². The van der Waals surface area contributed by atoms with Crippen molar-refractivity contribution in [2.75, 3.05) is 6.54 Å². The molecule has 3 heteroatoms. The Labute approximate surface area is 131 Å². The van der Waals surface area contributed by atoms with Crippen molar-refractivity contribution in [3.63, 3.8) is 0 Å². The maximum Gasteiger partial charge on any atom is 0.0771 e. The highest BCUT2D eigenvalue weighted by Gasteiger charge is 2.15. The van der Waals surface area contributed by atoms with E-state index in [1.165, 1.54) is 22.3 Å². The molecule has 0 radical (unpaired) electrons. The zero-order valence-electron chi connectivity index (χ0n) is 12.1. The minimum Gasteiger partial charge on any atom is -0.393 e. The van der Waals surface area contributed by atoms with Crippen LogP contribution in [-0.4, -0.2) is 16.4 Å². The molecule has 1 aliphatic heterocycles. The summed E-state index contributed by atoms with van der Waals surface area (Å²) in [6, 6.07) is 17.3. The van der Waals surface area contributed by atoms with Crippen molar-refractivity contribution in [3.05, 3.63) is 70.8 Å². The van der Waals surface area contributed by atoms with E-state index in [1.54, 1.807) is 0 Å². The Morgan fingerprint density at radius 3 is 2.62 bits per heavy atom. The lowest BCUT2D eigenvalue weighted by atomic mass is 9.99. The quantitative estimate of drug-likeness (QED) is 0.879. The highest BCUT2D eigenvalue weighted by Crippen LogP contribution is 2.20. The number of hydrogen-bond donors (Lipinski definition) is 1. The summed E-state index contributed by atoms with van der Waals surface area (Å²) < 4.78 is 0. The third-order valence-corrected chi connectivity index (χ3v) is 4.13. The van der Waals surface area contributed by atoms with E-state index in [2.05, 4.69) is 53.4 Å². The summed E-state index contributed by atoms with van der Waals surface area (Å²) in [5.74, 6) is 0. The summed E-state index contributed by atoms with van der Waals surface area (Å²) in [6.07, 6.45) is 1.83. The standard InChI is InChI=1S/C18H20N2S/c19-18(21)11-14-4-3-5-15(10-14)12-20-9-8-16-6-1-2-7-17(16)13-20/h1-7,10H,8-9,11-13H2,(H2,19,21). The molecule has 0 unspecified atom stereocenters. The van der Waals surface area contributed by atoms with Gasteiger partial charge in [0, 0.05) is 26.1 Å². The van der Waals surface area contributed by atoms with Crippen LogP contribution in [0.15, 0.2) is 48.5 Å². The molecule has 2 aromatic carbocycles. The third kappa shape index (κ3) is 3.69. The lowest BCUT2D eigenvalue weighted by Crippen LogP contribution is -2.30. The molecule has 2 N–H and O–H groups in total. The molecule has 0 aliphatic carbocycles. The van der Waals surface area contributed by atoms with Gasteiger partial charge in [-0.05, 0) is 28.7 Å². The first-order valence-corrected chi connectivity index (χ1v) is 7.77. The Morgan fingerprint density at radius 2 is 1.81 bits per heavy atom. The Bertz CT molecular complexity index is 651. The SMILES string of the molecule is NC(=S)Cc1cccc(CN2CCc3ccccc3C2)c1. The number of benzene rings is 2. The van der Waals surface area contributed by atoms with Crippen LogP contribution in [0.25, 0.3) is 0 Å². The zero-order chi connectivity index (χ0) is 14.7. The molecule has 0 saturated heterocycles. The van der Waals surface area contributed by atoms with E-state index < -0.39 is 0 Å². The van der Waals surface area contributed by atoms with E-state index in [9.17, 15) is 0 Å². The van der Waals surface area contributed by atoms with Gasteiger partial charge >= 0.3 is 0 Å². The molecular weight excluding hydrogens is 276 g/mol. The van der Waals surface area contributed by atoms with Gasteiger partial charge in [0.15, 0.2) is 0 Å². The first-order valence-electron chi connectivity index (χ1n) is 7.36. The average Bonchev–Trinajstić information content (AvgIpc) is 2.47.